The van der Waals surface area contributed by atoms with E-state index in [1.54, 1.807) is 6.07 Å². The molecule has 3 fully saturated rings. The molecule has 5 nitrogen and oxygen atoms in total. The number of amides is 1. The molecule has 2 bridgehead atoms. The number of hydrogen-bond donors (Lipinski definition) is 1. The summed E-state index contributed by atoms with van der Waals surface area (Å²) in [6.07, 6.45) is 2.39. The van der Waals surface area contributed by atoms with Gasteiger partial charge in [0.15, 0.2) is 11.5 Å². The molecule has 0 aromatic heterocycles. The minimum Gasteiger partial charge on any atom is -0.490 e. The Morgan fingerprint density at radius 3 is 2.48 bits per heavy atom. The van der Waals surface area contributed by atoms with Crippen LogP contribution in [0.5, 0.6) is 11.5 Å². The van der Waals surface area contributed by atoms with Gasteiger partial charge in [-0.25, -0.2) is 0 Å². The van der Waals surface area contributed by atoms with Crippen LogP contribution in [0, 0.1) is 5.92 Å². The second-order valence-corrected chi connectivity index (χ2v) is 6.25. The second kappa shape index (κ2) is 7.21. The lowest BCUT2D eigenvalue weighted by Gasteiger charge is -2.44. The summed E-state index contributed by atoms with van der Waals surface area (Å²) in [6, 6.07) is 5.68. The molecule has 3 heterocycles. The number of nitrogens with one attached hydrogen (secondary N) is 1. The van der Waals surface area contributed by atoms with Crippen molar-refractivity contribution in [2.75, 3.05) is 32.8 Å². The molecular formula is C18H26N2O3. The Kier molecular flexibility index (Phi) is 5.06. The minimum absolute atomic E-state index is 0.0206. The highest BCUT2D eigenvalue weighted by Crippen LogP contribution is 2.30. The number of carbonyl (C=O) groups is 1. The molecule has 1 aromatic rings. The minimum atomic E-state index is -0.0206. The summed E-state index contributed by atoms with van der Waals surface area (Å²) >= 11 is 0. The van der Waals surface area contributed by atoms with E-state index in [1.165, 1.54) is 25.9 Å². The maximum absolute atomic E-state index is 12.6. The van der Waals surface area contributed by atoms with Crippen molar-refractivity contribution in [1.29, 1.82) is 0 Å². The van der Waals surface area contributed by atoms with Gasteiger partial charge in [0.2, 0.25) is 0 Å². The van der Waals surface area contributed by atoms with Gasteiger partial charge in [0.05, 0.1) is 13.2 Å². The summed E-state index contributed by atoms with van der Waals surface area (Å²) in [7, 11) is 0. The van der Waals surface area contributed by atoms with E-state index in [9.17, 15) is 4.79 Å². The molecule has 1 aromatic carbocycles. The lowest BCUT2D eigenvalue weighted by molar-refractivity contribution is 0.0620. The van der Waals surface area contributed by atoms with Crippen LogP contribution in [-0.2, 0) is 0 Å². The van der Waals surface area contributed by atoms with E-state index in [2.05, 4.69) is 10.2 Å². The van der Waals surface area contributed by atoms with Gasteiger partial charge in [-0.15, -0.1) is 0 Å². The zero-order chi connectivity index (χ0) is 16.2. The number of hydrogen-bond acceptors (Lipinski definition) is 4. The van der Waals surface area contributed by atoms with Gasteiger partial charge in [-0.2, -0.15) is 0 Å². The quantitative estimate of drug-likeness (QED) is 0.874. The molecule has 5 heteroatoms. The van der Waals surface area contributed by atoms with E-state index in [4.69, 9.17) is 9.47 Å². The molecule has 1 amide bonds. The van der Waals surface area contributed by atoms with Crippen molar-refractivity contribution in [3.63, 3.8) is 0 Å². The SMILES string of the molecule is CCOc1ccc(C(=O)NC2CN3CCC2CC3)cc1OCC. The maximum atomic E-state index is 12.6. The smallest absolute Gasteiger partial charge is 0.251 e. The Balaban J connectivity index is 1.70. The molecule has 1 N–H and O–H groups in total. The van der Waals surface area contributed by atoms with Crippen LogP contribution in [0.4, 0.5) is 0 Å². The van der Waals surface area contributed by atoms with Crippen LogP contribution in [0.1, 0.15) is 37.0 Å². The first-order valence-corrected chi connectivity index (χ1v) is 8.64. The Bertz CT molecular complexity index is 553. The highest BCUT2D eigenvalue weighted by molar-refractivity contribution is 5.95. The van der Waals surface area contributed by atoms with Gasteiger partial charge in [0.25, 0.3) is 5.91 Å². The first-order chi connectivity index (χ1) is 11.2. The van der Waals surface area contributed by atoms with Crippen molar-refractivity contribution in [3.8, 4) is 11.5 Å². The summed E-state index contributed by atoms with van der Waals surface area (Å²) in [5.74, 6) is 1.93. The summed E-state index contributed by atoms with van der Waals surface area (Å²) < 4.78 is 11.2. The zero-order valence-electron chi connectivity index (χ0n) is 14.0. The molecule has 3 aliphatic heterocycles. The van der Waals surface area contributed by atoms with Gasteiger partial charge in [0.1, 0.15) is 0 Å². The number of rotatable bonds is 6. The number of piperidine rings is 3. The van der Waals surface area contributed by atoms with Crippen LogP contribution in [-0.4, -0.2) is 49.7 Å². The Morgan fingerprint density at radius 2 is 1.87 bits per heavy atom. The fraction of sp³-hybridized carbons (Fsp3) is 0.611. The molecule has 126 valence electrons. The Labute approximate surface area is 137 Å². The predicted octanol–water partition coefficient (Wildman–Crippen LogP) is 2.31. The molecule has 4 rings (SSSR count). The average molecular weight is 318 g/mol. The second-order valence-electron chi connectivity index (χ2n) is 6.25. The Morgan fingerprint density at radius 1 is 1.17 bits per heavy atom. The van der Waals surface area contributed by atoms with Crippen molar-refractivity contribution in [3.05, 3.63) is 23.8 Å². The van der Waals surface area contributed by atoms with Gasteiger partial charge in [-0.1, -0.05) is 0 Å². The van der Waals surface area contributed by atoms with Crippen molar-refractivity contribution >= 4 is 5.91 Å². The molecule has 3 saturated heterocycles. The first-order valence-electron chi connectivity index (χ1n) is 8.64. The van der Waals surface area contributed by atoms with Gasteiger partial charge in [-0.3, -0.25) is 4.79 Å². The standard InChI is InChI=1S/C18H26N2O3/c1-3-22-16-6-5-14(11-17(16)23-4-2)18(21)19-15-12-20-9-7-13(15)8-10-20/h5-6,11,13,15H,3-4,7-10,12H2,1-2H3,(H,19,21). The van der Waals surface area contributed by atoms with Crippen LogP contribution >= 0.6 is 0 Å². The molecular weight excluding hydrogens is 292 g/mol. The maximum Gasteiger partial charge on any atom is 0.251 e. The number of carbonyl (C=O) groups excluding carboxylic acids is 1. The number of benzene rings is 1. The average Bonchev–Trinajstić information content (AvgIpc) is 2.58. The summed E-state index contributed by atoms with van der Waals surface area (Å²) in [6.45, 7) is 8.31. The van der Waals surface area contributed by atoms with E-state index in [0.717, 1.165) is 6.54 Å². The summed E-state index contributed by atoms with van der Waals surface area (Å²) in [4.78, 5) is 15.0. The number of fused-ring (bicyclic) bond motifs is 3. The summed E-state index contributed by atoms with van der Waals surface area (Å²) in [5, 5.41) is 3.21. The van der Waals surface area contributed by atoms with Crippen LogP contribution in [0.25, 0.3) is 0 Å². The van der Waals surface area contributed by atoms with Gasteiger partial charge < -0.3 is 19.7 Å². The highest BCUT2D eigenvalue weighted by atomic mass is 16.5. The van der Waals surface area contributed by atoms with Gasteiger partial charge in [0, 0.05) is 18.2 Å². The molecule has 3 aliphatic rings. The molecule has 1 unspecified atom stereocenters. The van der Waals surface area contributed by atoms with Crippen LogP contribution in [0.3, 0.4) is 0 Å². The number of nitrogens with zero attached hydrogens (tertiary/aromatic N) is 1. The lowest BCUT2D eigenvalue weighted by atomic mass is 9.84. The van der Waals surface area contributed by atoms with Gasteiger partial charge >= 0.3 is 0 Å². The topological polar surface area (TPSA) is 50.8 Å². The third-order valence-corrected chi connectivity index (χ3v) is 4.78. The fourth-order valence-corrected chi connectivity index (χ4v) is 3.57. The number of ether oxygens (including phenoxy) is 2. The van der Waals surface area contributed by atoms with E-state index in [-0.39, 0.29) is 11.9 Å². The molecule has 0 spiro atoms. The normalized spacial score (nSPS) is 25.9. The van der Waals surface area contributed by atoms with Crippen molar-refractivity contribution in [2.24, 2.45) is 5.92 Å². The third-order valence-electron chi connectivity index (χ3n) is 4.78. The molecule has 0 radical (unpaired) electrons. The van der Waals surface area contributed by atoms with Crippen LogP contribution in [0.2, 0.25) is 0 Å². The van der Waals surface area contributed by atoms with Crippen LogP contribution in [0.15, 0.2) is 18.2 Å². The van der Waals surface area contributed by atoms with Crippen molar-refractivity contribution in [1.82, 2.24) is 10.2 Å². The van der Waals surface area contributed by atoms with E-state index in [1.807, 2.05) is 26.0 Å². The monoisotopic (exact) mass is 318 g/mol. The molecule has 23 heavy (non-hydrogen) atoms. The molecule has 0 saturated carbocycles. The third kappa shape index (κ3) is 3.61. The largest absolute Gasteiger partial charge is 0.490 e. The zero-order valence-corrected chi connectivity index (χ0v) is 14.0. The van der Waals surface area contributed by atoms with E-state index >= 15 is 0 Å². The van der Waals surface area contributed by atoms with Crippen molar-refractivity contribution in [2.45, 2.75) is 32.7 Å². The summed E-state index contributed by atoms with van der Waals surface area (Å²) in [5.41, 5.74) is 0.633. The van der Waals surface area contributed by atoms with Crippen molar-refractivity contribution < 1.29 is 14.3 Å². The lowest BCUT2D eigenvalue weighted by Crippen LogP contribution is -2.57. The molecule has 0 aliphatic carbocycles. The Hall–Kier alpha value is -1.75. The highest BCUT2D eigenvalue weighted by Gasteiger charge is 2.35. The van der Waals surface area contributed by atoms with Gasteiger partial charge in [-0.05, 0) is 63.9 Å². The fourth-order valence-electron chi connectivity index (χ4n) is 3.57. The predicted molar refractivity (Wildman–Crippen MR) is 89.2 cm³/mol. The van der Waals surface area contributed by atoms with E-state index < -0.39 is 0 Å². The van der Waals surface area contributed by atoms with E-state index in [0.29, 0.717) is 36.2 Å². The first kappa shape index (κ1) is 16.1. The molecule has 1 atom stereocenters. The van der Waals surface area contributed by atoms with Crippen LogP contribution < -0.4 is 14.8 Å².